The number of hydrogen-bond donors (Lipinski definition) is 1. The van der Waals surface area contributed by atoms with Gasteiger partial charge in [-0.1, -0.05) is 0 Å². The summed E-state index contributed by atoms with van der Waals surface area (Å²) in [5, 5.41) is 2.62. The quantitative estimate of drug-likeness (QED) is 0.707. The van der Waals surface area contributed by atoms with Gasteiger partial charge in [0.1, 0.15) is 11.9 Å². The van der Waals surface area contributed by atoms with Crippen LogP contribution in [-0.2, 0) is 14.3 Å². The molecular formula is C18H24FN3O4S. The van der Waals surface area contributed by atoms with Crippen molar-refractivity contribution in [3.8, 4) is 0 Å². The molecule has 2 aliphatic rings. The highest BCUT2D eigenvalue weighted by atomic mass is 32.2. The van der Waals surface area contributed by atoms with Crippen LogP contribution in [0.4, 0.5) is 14.9 Å². The molecule has 2 fully saturated rings. The van der Waals surface area contributed by atoms with Gasteiger partial charge in [-0.3, -0.25) is 14.6 Å². The van der Waals surface area contributed by atoms with E-state index in [1.165, 1.54) is 29.7 Å². The molecule has 0 unspecified atom stereocenters. The van der Waals surface area contributed by atoms with Crippen LogP contribution in [0.3, 0.4) is 0 Å². The van der Waals surface area contributed by atoms with Crippen LogP contribution in [0.15, 0.2) is 23.1 Å². The summed E-state index contributed by atoms with van der Waals surface area (Å²) < 4.78 is 25.0. The third-order valence-electron chi connectivity index (χ3n) is 4.45. The summed E-state index contributed by atoms with van der Waals surface area (Å²) in [5.41, 5.74) is 0.459. The molecule has 7 nitrogen and oxygen atoms in total. The standard InChI is InChI=1S/C18H24FN3O4S/c1-13(23)20-11-15-12-22(18(24)26-15)14-2-3-17(16(19)10-14)27-9-6-21-4-7-25-8-5-21/h2-3,10,15H,4-9,11-12H2,1H3,(H,20,23)/t15-/m0/s1. The Bertz CT molecular complexity index is 685. The van der Waals surface area contributed by atoms with Crippen LogP contribution in [0.1, 0.15) is 6.92 Å². The number of benzene rings is 1. The fourth-order valence-corrected chi connectivity index (χ4v) is 3.91. The molecule has 1 atom stereocenters. The molecule has 27 heavy (non-hydrogen) atoms. The molecule has 9 heteroatoms. The van der Waals surface area contributed by atoms with E-state index in [2.05, 4.69) is 10.2 Å². The third-order valence-corrected chi connectivity index (χ3v) is 5.48. The Kier molecular flexibility index (Phi) is 6.92. The first kappa shape index (κ1) is 19.9. The third kappa shape index (κ3) is 5.57. The molecule has 0 aromatic heterocycles. The number of hydrogen-bond acceptors (Lipinski definition) is 6. The fraction of sp³-hybridized carbons (Fsp3) is 0.556. The number of ether oxygens (including phenoxy) is 2. The highest BCUT2D eigenvalue weighted by Gasteiger charge is 2.32. The number of anilines is 1. The second kappa shape index (κ2) is 9.38. The Balaban J connectivity index is 1.52. The smallest absolute Gasteiger partial charge is 0.414 e. The Hall–Kier alpha value is -1.84. The monoisotopic (exact) mass is 397 g/mol. The Morgan fingerprint density at radius 2 is 2.15 bits per heavy atom. The summed E-state index contributed by atoms with van der Waals surface area (Å²) in [5.74, 6) is 0.257. The largest absolute Gasteiger partial charge is 0.442 e. The Morgan fingerprint density at radius 3 is 2.85 bits per heavy atom. The number of amides is 2. The van der Waals surface area contributed by atoms with Crippen molar-refractivity contribution >= 4 is 29.4 Å². The lowest BCUT2D eigenvalue weighted by atomic mass is 10.2. The predicted molar refractivity (Wildman–Crippen MR) is 101 cm³/mol. The number of morpholine rings is 1. The van der Waals surface area contributed by atoms with Crippen molar-refractivity contribution in [2.75, 3.05) is 56.6 Å². The van der Waals surface area contributed by atoms with Crippen molar-refractivity contribution in [1.82, 2.24) is 10.2 Å². The second-order valence-electron chi connectivity index (χ2n) is 6.47. The molecule has 2 heterocycles. The predicted octanol–water partition coefficient (Wildman–Crippen LogP) is 1.71. The zero-order valence-corrected chi connectivity index (χ0v) is 16.1. The summed E-state index contributed by atoms with van der Waals surface area (Å²) >= 11 is 1.46. The highest BCUT2D eigenvalue weighted by Crippen LogP contribution is 2.28. The maximum absolute atomic E-state index is 14.5. The molecule has 2 saturated heterocycles. The van der Waals surface area contributed by atoms with E-state index in [1.807, 2.05) is 0 Å². The number of halogens is 1. The van der Waals surface area contributed by atoms with Gasteiger partial charge in [-0.2, -0.15) is 0 Å². The van der Waals surface area contributed by atoms with Crippen molar-refractivity contribution in [1.29, 1.82) is 0 Å². The first-order valence-corrected chi connectivity index (χ1v) is 9.96. The summed E-state index contributed by atoms with van der Waals surface area (Å²) in [7, 11) is 0. The number of nitrogens with one attached hydrogen (secondary N) is 1. The van der Waals surface area contributed by atoms with Crippen molar-refractivity contribution in [3.05, 3.63) is 24.0 Å². The van der Waals surface area contributed by atoms with E-state index >= 15 is 0 Å². The van der Waals surface area contributed by atoms with Gasteiger partial charge in [-0.05, 0) is 18.2 Å². The first-order chi connectivity index (χ1) is 13.0. The first-order valence-electron chi connectivity index (χ1n) is 8.98. The van der Waals surface area contributed by atoms with Crippen LogP contribution in [0.25, 0.3) is 0 Å². The Labute approximate surface area is 162 Å². The maximum atomic E-state index is 14.5. The lowest BCUT2D eigenvalue weighted by molar-refractivity contribution is -0.119. The Morgan fingerprint density at radius 1 is 1.37 bits per heavy atom. The number of nitrogens with zero attached hydrogens (tertiary/aromatic N) is 2. The number of thioether (sulfide) groups is 1. The molecule has 1 N–H and O–H groups in total. The lowest BCUT2D eigenvalue weighted by Gasteiger charge is -2.26. The maximum Gasteiger partial charge on any atom is 0.414 e. The van der Waals surface area contributed by atoms with E-state index in [0.29, 0.717) is 10.6 Å². The normalized spacial score (nSPS) is 20.6. The average Bonchev–Trinajstić information content (AvgIpc) is 3.03. The van der Waals surface area contributed by atoms with Gasteiger partial charge >= 0.3 is 6.09 Å². The van der Waals surface area contributed by atoms with Crippen LogP contribution >= 0.6 is 11.8 Å². The molecule has 1 aromatic rings. The molecule has 2 aliphatic heterocycles. The van der Waals surface area contributed by atoms with Crippen LogP contribution in [-0.4, -0.2) is 74.7 Å². The van der Waals surface area contributed by atoms with Gasteiger partial charge in [-0.15, -0.1) is 11.8 Å². The van der Waals surface area contributed by atoms with Crippen LogP contribution in [0.5, 0.6) is 0 Å². The van der Waals surface area contributed by atoms with Gasteiger partial charge in [0.2, 0.25) is 5.91 Å². The van der Waals surface area contributed by atoms with Gasteiger partial charge in [0.25, 0.3) is 0 Å². The number of rotatable bonds is 7. The van der Waals surface area contributed by atoms with Crippen LogP contribution in [0.2, 0.25) is 0 Å². The minimum absolute atomic E-state index is 0.186. The molecule has 0 aliphatic carbocycles. The molecular weight excluding hydrogens is 373 g/mol. The van der Waals surface area contributed by atoms with E-state index in [-0.39, 0.29) is 24.8 Å². The molecule has 0 saturated carbocycles. The second-order valence-corrected chi connectivity index (χ2v) is 7.61. The average molecular weight is 397 g/mol. The minimum atomic E-state index is -0.530. The van der Waals surface area contributed by atoms with E-state index in [1.54, 1.807) is 12.1 Å². The fourth-order valence-electron chi connectivity index (χ4n) is 2.98. The van der Waals surface area contributed by atoms with E-state index in [9.17, 15) is 14.0 Å². The van der Waals surface area contributed by atoms with Gasteiger partial charge in [0.15, 0.2) is 0 Å². The van der Waals surface area contributed by atoms with Gasteiger partial charge in [-0.25, -0.2) is 9.18 Å². The summed E-state index contributed by atoms with van der Waals surface area (Å²) in [4.78, 5) is 27.3. The molecule has 1 aromatic carbocycles. The minimum Gasteiger partial charge on any atom is -0.442 e. The lowest BCUT2D eigenvalue weighted by Crippen LogP contribution is -2.37. The van der Waals surface area contributed by atoms with Gasteiger partial charge in [0, 0.05) is 37.2 Å². The van der Waals surface area contributed by atoms with E-state index < -0.39 is 12.2 Å². The molecule has 0 spiro atoms. The molecule has 148 valence electrons. The van der Waals surface area contributed by atoms with Crippen molar-refractivity contribution in [3.63, 3.8) is 0 Å². The summed E-state index contributed by atoms with van der Waals surface area (Å²) in [6.45, 7) is 6.15. The molecule has 0 radical (unpaired) electrons. The van der Waals surface area contributed by atoms with Crippen molar-refractivity contribution < 1.29 is 23.5 Å². The topological polar surface area (TPSA) is 71.1 Å². The molecule has 2 amide bonds. The summed E-state index contributed by atoms with van der Waals surface area (Å²) in [6, 6.07) is 4.78. The molecule has 3 rings (SSSR count). The zero-order valence-electron chi connectivity index (χ0n) is 15.3. The van der Waals surface area contributed by atoms with Crippen LogP contribution in [0, 0.1) is 5.82 Å². The van der Waals surface area contributed by atoms with E-state index in [4.69, 9.17) is 9.47 Å². The highest BCUT2D eigenvalue weighted by molar-refractivity contribution is 7.99. The number of carbonyl (C=O) groups excluding carboxylic acids is 2. The van der Waals surface area contributed by atoms with E-state index in [0.717, 1.165) is 38.6 Å². The van der Waals surface area contributed by atoms with Gasteiger partial charge < -0.3 is 14.8 Å². The van der Waals surface area contributed by atoms with Crippen LogP contribution < -0.4 is 10.2 Å². The molecule has 0 bridgehead atoms. The number of cyclic esters (lactones) is 1. The SMILES string of the molecule is CC(=O)NC[C@H]1CN(c2ccc(SCCN3CCOCC3)c(F)c2)C(=O)O1. The number of carbonyl (C=O) groups is 2. The van der Waals surface area contributed by atoms with Crippen molar-refractivity contribution in [2.45, 2.75) is 17.9 Å². The zero-order chi connectivity index (χ0) is 19.2. The van der Waals surface area contributed by atoms with Gasteiger partial charge in [0.05, 0.1) is 32.0 Å². The van der Waals surface area contributed by atoms with Crippen molar-refractivity contribution in [2.24, 2.45) is 0 Å². The summed E-state index contributed by atoms with van der Waals surface area (Å²) in [6.07, 6.45) is -0.968.